The summed E-state index contributed by atoms with van der Waals surface area (Å²) >= 11 is 12.2. The Morgan fingerprint density at radius 1 is 1.02 bits per heavy atom. The van der Waals surface area contributed by atoms with Crippen molar-refractivity contribution in [3.8, 4) is 11.5 Å². The van der Waals surface area contributed by atoms with Crippen LogP contribution in [0.5, 0.6) is 11.5 Å². The lowest BCUT2D eigenvalue weighted by Crippen LogP contribution is -2.45. The maximum atomic E-state index is 12.7. The van der Waals surface area contributed by atoms with Gasteiger partial charge >= 0.3 is 5.97 Å². The highest BCUT2D eigenvalue weighted by atomic mass is 79.9. The Kier molecular flexibility index (Phi) is 11.1. The van der Waals surface area contributed by atoms with Gasteiger partial charge in [0.15, 0.2) is 11.7 Å². The van der Waals surface area contributed by atoms with E-state index in [1.807, 2.05) is 48.5 Å². The minimum atomic E-state index is -0.623. The number of nitrogens with zero attached hydrogens (tertiary/aromatic N) is 1. The molecule has 3 aromatic carbocycles. The quantitative estimate of drug-likeness (QED) is 0.101. The number of hydrogen-bond donors (Lipinski definition) is 3. The molecular weight excluding hydrogens is 688 g/mol. The summed E-state index contributed by atoms with van der Waals surface area (Å²) in [4.78, 5) is 25.4. The number of amides is 1. The molecule has 4 rings (SSSR count). The predicted octanol–water partition coefficient (Wildman–Crippen LogP) is 5.68. The number of nitrogens with one attached hydrogen (secondary N) is 3. The molecule has 0 fully saturated rings. The van der Waals surface area contributed by atoms with Gasteiger partial charge in [0, 0.05) is 25.8 Å². The number of allylic oxidation sites excluding steroid dienone is 1. The zero-order valence-corrected chi connectivity index (χ0v) is 26.8. The molecule has 0 radical (unpaired) electrons. The Morgan fingerprint density at radius 3 is 2.52 bits per heavy atom. The first-order valence-electron chi connectivity index (χ1n) is 12.9. The van der Waals surface area contributed by atoms with Crippen LogP contribution < -0.4 is 25.5 Å². The third-order valence-electron chi connectivity index (χ3n) is 6.03. The number of hydrogen-bond acceptors (Lipinski definition) is 7. The highest BCUT2D eigenvalue weighted by molar-refractivity contribution is 9.10. The van der Waals surface area contributed by atoms with E-state index in [1.54, 1.807) is 32.0 Å². The fourth-order valence-electron chi connectivity index (χ4n) is 4.10. The summed E-state index contributed by atoms with van der Waals surface area (Å²) in [5.74, 6) is 0.0677. The molecule has 3 N–H and O–H groups in total. The summed E-state index contributed by atoms with van der Waals surface area (Å²) in [6, 6.07) is 19.9. The number of para-hydroxylation sites is 1. The average Bonchev–Trinajstić information content (AvgIpc) is 2.96. The van der Waals surface area contributed by atoms with Crippen molar-refractivity contribution in [1.29, 1.82) is 0 Å². The fourth-order valence-corrected chi connectivity index (χ4v) is 5.01. The van der Waals surface area contributed by atoms with Crippen molar-refractivity contribution < 1.29 is 23.8 Å². The molecule has 0 spiro atoms. The second-order valence-corrected chi connectivity index (χ2v) is 11.2. The number of halogens is 2. The zero-order valence-electron chi connectivity index (χ0n) is 22.8. The first-order valence-corrected chi connectivity index (χ1v) is 14.9. The van der Waals surface area contributed by atoms with Gasteiger partial charge in [-0.2, -0.15) is 5.10 Å². The van der Waals surface area contributed by atoms with Crippen LogP contribution in [0.3, 0.4) is 0 Å². The summed E-state index contributed by atoms with van der Waals surface area (Å²) < 4.78 is 18.9. The molecule has 42 heavy (non-hydrogen) atoms. The van der Waals surface area contributed by atoms with Crippen molar-refractivity contribution in [1.82, 2.24) is 16.1 Å². The largest absolute Gasteiger partial charge is 0.488 e. The number of carbonyl (C=O) groups is 2. The number of carbonyl (C=O) groups excluding carboxylic acids is 2. The van der Waals surface area contributed by atoms with Crippen LogP contribution >= 0.6 is 44.1 Å². The summed E-state index contributed by atoms with van der Waals surface area (Å²) in [5.41, 5.74) is 5.76. The van der Waals surface area contributed by atoms with E-state index in [0.29, 0.717) is 45.6 Å². The van der Waals surface area contributed by atoms with Gasteiger partial charge in [-0.3, -0.25) is 4.79 Å². The molecule has 0 unspecified atom stereocenters. The van der Waals surface area contributed by atoms with Crippen LogP contribution in [0.25, 0.3) is 0 Å². The predicted molar refractivity (Wildman–Crippen MR) is 171 cm³/mol. The van der Waals surface area contributed by atoms with Crippen LogP contribution in [0.2, 0.25) is 0 Å². The number of ether oxygens (including phenoxy) is 3. The molecule has 0 aliphatic carbocycles. The van der Waals surface area contributed by atoms with E-state index in [4.69, 9.17) is 26.4 Å². The molecule has 1 heterocycles. The van der Waals surface area contributed by atoms with Crippen LogP contribution in [0, 0.1) is 0 Å². The van der Waals surface area contributed by atoms with Crippen molar-refractivity contribution >= 4 is 67.3 Å². The number of rotatable bonds is 11. The van der Waals surface area contributed by atoms with Crippen LogP contribution in [-0.2, 0) is 20.9 Å². The van der Waals surface area contributed by atoms with E-state index in [-0.39, 0.29) is 13.2 Å². The summed E-state index contributed by atoms with van der Waals surface area (Å²) in [5, 5.41) is 10.5. The number of esters is 1. The first kappa shape index (κ1) is 31.2. The zero-order chi connectivity index (χ0) is 30.1. The van der Waals surface area contributed by atoms with E-state index in [2.05, 4.69) is 53.0 Å². The molecule has 3 aromatic rings. The van der Waals surface area contributed by atoms with Crippen molar-refractivity contribution in [2.24, 2.45) is 5.10 Å². The Labute approximate surface area is 266 Å². The minimum absolute atomic E-state index is 0.227. The van der Waals surface area contributed by atoms with Crippen LogP contribution in [0.4, 0.5) is 0 Å². The summed E-state index contributed by atoms with van der Waals surface area (Å²) in [6.45, 7) is 3.78. The molecule has 1 atom stereocenters. The molecule has 0 aromatic heterocycles. The second kappa shape index (κ2) is 14.9. The van der Waals surface area contributed by atoms with Crippen molar-refractivity contribution in [3.05, 3.63) is 104 Å². The highest BCUT2D eigenvalue weighted by Gasteiger charge is 2.32. The van der Waals surface area contributed by atoms with Crippen molar-refractivity contribution in [3.63, 3.8) is 0 Å². The number of benzene rings is 3. The first-order chi connectivity index (χ1) is 20.2. The van der Waals surface area contributed by atoms with E-state index in [9.17, 15) is 9.59 Å². The van der Waals surface area contributed by atoms with Gasteiger partial charge in [-0.25, -0.2) is 10.2 Å². The molecule has 1 aliphatic rings. The van der Waals surface area contributed by atoms with E-state index in [0.717, 1.165) is 14.5 Å². The normalized spacial score (nSPS) is 14.7. The van der Waals surface area contributed by atoms with Gasteiger partial charge in [0.1, 0.15) is 18.1 Å². The lowest BCUT2D eigenvalue weighted by atomic mass is 9.95. The van der Waals surface area contributed by atoms with Gasteiger partial charge in [0.25, 0.3) is 5.91 Å². The van der Waals surface area contributed by atoms with Crippen molar-refractivity contribution in [2.75, 3.05) is 13.2 Å². The van der Waals surface area contributed by atoms with Gasteiger partial charge in [-0.1, -0.05) is 62.2 Å². The van der Waals surface area contributed by atoms with Gasteiger partial charge in [0.2, 0.25) is 0 Å². The van der Waals surface area contributed by atoms with Gasteiger partial charge in [-0.15, -0.1) is 0 Å². The molecule has 0 saturated heterocycles. The average molecular weight is 716 g/mol. The lowest BCUT2D eigenvalue weighted by molar-refractivity contribution is -0.139. The van der Waals surface area contributed by atoms with Crippen LogP contribution in [0.15, 0.2) is 92.0 Å². The molecule has 0 saturated carbocycles. The highest BCUT2D eigenvalue weighted by Crippen LogP contribution is 2.33. The molecule has 0 bridgehead atoms. The molecule has 1 amide bonds. The third kappa shape index (κ3) is 8.40. The molecule has 9 nitrogen and oxygen atoms in total. The maximum Gasteiger partial charge on any atom is 0.338 e. The monoisotopic (exact) mass is 714 g/mol. The van der Waals surface area contributed by atoms with E-state index >= 15 is 0 Å². The SMILES string of the molecule is CCOC(=O)C1=C(C)NC(=S)N[C@H]1c1ccccc1OCC(=O)NN=Cc1cc(Br)ccc1OCc1ccc(Br)cc1. The number of hydrazone groups is 1. The lowest BCUT2D eigenvalue weighted by Gasteiger charge is -2.30. The van der Waals surface area contributed by atoms with Gasteiger partial charge in [0.05, 0.1) is 24.4 Å². The molecular formula is C30H28Br2N4O5S. The minimum Gasteiger partial charge on any atom is -0.488 e. The molecule has 1 aliphatic heterocycles. The third-order valence-corrected chi connectivity index (χ3v) is 7.27. The Balaban J connectivity index is 1.41. The van der Waals surface area contributed by atoms with Crippen molar-refractivity contribution in [2.45, 2.75) is 26.5 Å². The van der Waals surface area contributed by atoms with E-state index in [1.165, 1.54) is 6.21 Å². The van der Waals surface area contributed by atoms with Crippen LogP contribution in [-0.4, -0.2) is 36.4 Å². The fraction of sp³-hybridized carbons (Fsp3) is 0.200. The Bertz CT molecular complexity index is 1530. The molecule has 12 heteroatoms. The maximum absolute atomic E-state index is 12.7. The number of thiocarbonyl (C=S) groups is 1. The Hall–Kier alpha value is -3.74. The van der Waals surface area contributed by atoms with E-state index < -0.39 is 17.9 Å². The Morgan fingerprint density at radius 2 is 1.76 bits per heavy atom. The van der Waals surface area contributed by atoms with Crippen LogP contribution in [0.1, 0.15) is 36.6 Å². The second-order valence-electron chi connectivity index (χ2n) is 9.01. The van der Waals surface area contributed by atoms with Gasteiger partial charge < -0.3 is 24.8 Å². The summed E-state index contributed by atoms with van der Waals surface area (Å²) in [6.07, 6.45) is 1.51. The summed E-state index contributed by atoms with van der Waals surface area (Å²) in [7, 11) is 0. The van der Waals surface area contributed by atoms with Gasteiger partial charge in [-0.05, 0) is 68.0 Å². The topological polar surface area (TPSA) is 110 Å². The smallest absolute Gasteiger partial charge is 0.338 e. The molecule has 218 valence electrons. The standard InChI is InChI=1S/C30H28Br2N4O5S/c1-3-39-29(38)27-18(2)34-30(42)35-28(27)23-6-4-5-7-25(23)41-17-26(37)36-33-15-20-14-22(32)12-13-24(20)40-16-19-8-10-21(31)11-9-19/h4-15,28H,3,16-17H2,1-2H3,(H,36,37)(H2,34,35,42)/t28-/m0/s1.